The summed E-state index contributed by atoms with van der Waals surface area (Å²) in [6.45, 7) is 6.25. The summed E-state index contributed by atoms with van der Waals surface area (Å²) in [6, 6.07) is -1.15. The molecule has 398 valence electrons. The molecule has 18 nitrogen and oxygen atoms in total. The van der Waals surface area contributed by atoms with E-state index < -0.39 is 154 Å². The lowest BCUT2D eigenvalue weighted by molar-refractivity contribution is -0.307. The Balaban J connectivity index is 1.92. The highest BCUT2D eigenvalue weighted by Gasteiger charge is 2.51. The van der Waals surface area contributed by atoms with Gasteiger partial charge < -0.3 is 81.1 Å². The van der Waals surface area contributed by atoms with Gasteiger partial charge >= 0.3 is 5.97 Å². The van der Waals surface area contributed by atoms with Crippen LogP contribution in [0.25, 0.3) is 0 Å². The lowest BCUT2D eigenvalue weighted by atomic mass is 9.82. The smallest absolute Gasteiger partial charge is 0.308 e. The first-order valence-electron chi connectivity index (χ1n) is 24.5. The van der Waals surface area contributed by atoms with Crippen LogP contribution in [0.1, 0.15) is 91.9 Å². The minimum absolute atomic E-state index is 0.0805. The highest BCUT2D eigenvalue weighted by molar-refractivity contribution is 5.80. The summed E-state index contributed by atoms with van der Waals surface area (Å²) in [5.74, 6) is -5.76. The molecule has 0 aliphatic carbocycles. The molecule has 0 aromatic carbocycles. The molecule has 13 N–H and O–H groups in total. The van der Waals surface area contributed by atoms with Crippen molar-refractivity contribution in [1.29, 1.82) is 0 Å². The number of esters is 1. The van der Waals surface area contributed by atoms with Gasteiger partial charge in [0.15, 0.2) is 12.1 Å². The predicted octanol–water partition coefficient (Wildman–Crippen LogP) is 1.49. The van der Waals surface area contributed by atoms with Crippen molar-refractivity contribution in [2.45, 2.75) is 189 Å². The topological polar surface area (TPSA) is 311 Å². The molecule has 0 radical (unpaired) electrons. The Bertz CT molecular complexity index is 1760. The van der Waals surface area contributed by atoms with E-state index in [4.69, 9.17) is 24.7 Å². The number of unbranched alkanes of at least 4 members (excludes halogenated alkanes) is 1. The van der Waals surface area contributed by atoms with Gasteiger partial charge in [0.05, 0.1) is 92.2 Å². The van der Waals surface area contributed by atoms with E-state index in [0.29, 0.717) is 6.42 Å². The van der Waals surface area contributed by atoms with Crippen molar-refractivity contribution in [2.24, 2.45) is 23.5 Å². The van der Waals surface area contributed by atoms with E-state index in [1.807, 2.05) is 31.2 Å². The third-order valence-corrected chi connectivity index (χ3v) is 12.9. The first-order valence-corrected chi connectivity index (χ1v) is 24.5. The number of allylic oxidation sites excluding steroid dienone is 12. The van der Waals surface area contributed by atoms with Crippen molar-refractivity contribution in [3.63, 3.8) is 0 Å². The number of nitrogens with one attached hydrogen (secondary N) is 1. The Labute approximate surface area is 411 Å². The number of rotatable bonds is 7. The van der Waals surface area contributed by atoms with Crippen molar-refractivity contribution in [1.82, 2.24) is 5.32 Å². The number of hydrogen-bond donors (Lipinski definition) is 12. The molecule has 2 fully saturated rings. The molecule has 19 atom stereocenters. The number of aliphatic hydroxyl groups is 10. The molecule has 70 heavy (non-hydrogen) atoms. The molecule has 3 rings (SSSR count). The number of aliphatic hydroxyl groups excluding tert-OH is 9. The predicted molar refractivity (Wildman–Crippen MR) is 258 cm³/mol. The van der Waals surface area contributed by atoms with Gasteiger partial charge in [0, 0.05) is 44.1 Å². The largest absolute Gasteiger partial charge is 0.462 e. The molecule has 3 aliphatic rings. The molecule has 3 heterocycles. The van der Waals surface area contributed by atoms with Crippen molar-refractivity contribution < 1.29 is 84.0 Å². The van der Waals surface area contributed by atoms with E-state index >= 15 is 0 Å². The van der Waals surface area contributed by atoms with Gasteiger partial charge in [0.25, 0.3) is 0 Å². The van der Waals surface area contributed by atoms with Gasteiger partial charge in [-0.15, -0.1) is 0 Å². The zero-order chi connectivity index (χ0) is 52.0. The van der Waals surface area contributed by atoms with Gasteiger partial charge in [-0.2, -0.15) is 0 Å². The number of ether oxygens (including phenoxy) is 4. The van der Waals surface area contributed by atoms with Crippen molar-refractivity contribution in [3.8, 4) is 0 Å². The van der Waals surface area contributed by atoms with Crippen molar-refractivity contribution in [2.75, 3.05) is 13.2 Å². The normalized spacial score (nSPS) is 43.1. The summed E-state index contributed by atoms with van der Waals surface area (Å²) >= 11 is 0. The van der Waals surface area contributed by atoms with Gasteiger partial charge in [-0.25, -0.2) is 0 Å². The summed E-state index contributed by atoms with van der Waals surface area (Å²) in [5.41, 5.74) is 6.09. The molecule has 19 heteroatoms. The van der Waals surface area contributed by atoms with Crippen LogP contribution in [0, 0.1) is 17.8 Å². The average molecular weight is 997 g/mol. The summed E-state index contributed by atoms with van der Waals surface area (Å²) in [5, 5.41) is 112. The second kappa shape index (κ2) is 31.2. The Kier molecular flexibility index (Phi) is 27.1. The summed E-state index contributed by atoms with van der Waals surface area (Å²) in [4.78, 5) is 26.3. The molecular weight excluding hydrogens is 916 g/mol. The van der Waals surface area contributed by atoms with Crippen LogP contribution in [0.3, 0.4) is 0 Å². The van der Waals surface area contributed by atoms with Crippen LogP contribution < -0.4 is 11.1 Å². The van der Waals surface area contributed by atoms with E-state index in [9.17, 15) is 65.0 Å². The molecule has 0 aromatic rings. The lowest BCUT2D eigenvalue weighted by Gasteiger charge is -2.46. The van der Waals surface area contributed by atoms with Crippen LogP contribution in [0.15, 0.2) is 85.1 Å². The first kappa shape index (κ1) is 60.8. The molecule has 0 aromatic heterocycles. The Morgan fingerprint density at radius 1 is 0.714 bits per heavy atom. The minimum Gasteiger partial charge on any atom is -0.462 e. The number of halogens is 1. The Hall–Kier alpha value is -3.51. The second-order valence-electron chi connectivity index (χ2n) is 18.9. The summed E-state index contributed by atoms with van der Waals surface area (Å²) in [7, 11) is 0. The average Bonchev–Trinajstić information content (AvgIpc) is 3.29. The zero-order valence-electron chi connectivity index (χ0n) is 40.8. The highest BCUT2D eigenvalue weighted by atomic mass is 19.1. The minimum atomic E-state index is -2.30. The zero-order valence-corrected chi connectivity index (χ0v) is 40.8. The quantitative estimate of drug-likeness (QED) is 0.127. The third-order valence-electron chi connectivity index (χ3n) is 12.9. The van der Waals surface area contributed by atoms with Gasteiger partial charge in [-0.3, -0.25) is 14.0 Å². The molecule has 0 spiro atoms. The van der Waals surface area contributed by atoms with E-state index in [-0.39, 0.29) is 44.6 Å². The van der Waals surface area contributed by atoms with Gasteiger partial charge in [0.2, 0.25) is 5.91 Å². The number of carbonyl (C=O) groups is 2. The summed E-state index contributed by atoms with van der Waals surface area (Å²) < 4.78 is 36.5. The van der Waals surface area contributed by atoms with Crippen LogP contribution >= 0.6 is 0 Å². The SMILES string of the molecule is C[C@@H]1[C@H](O)[C@@H](C)/C=C/C=C/C=C/C=C/C=C/C=C/C=C/[C@H](O[C@@H]2O[C@H](C)[C@@H](O)[C@H](N)[C@@H]2O)C[C@@H]2O[C@](O)(C[C@@H](O)C[C@@H](O)[C@H](O)CC[C@@H](O)C[C@@H](O)CC(=O)O[C@H]1C)C[C@H](O)[C@H]2C(=O)NCCCCF. The maximum Gasteiger partial charge on any atom is 0.308 e. The van der Waals surface area contributed by atoms with E-state index in [1.54, 1.807) is 81.5 Å². The molecule has 0 saturated carbocycles. The fourth-order valence-corrected chi connectivity index (χ4v) is 8.54. The van der Waals surface area contributed by atoms with Crippen LogP contribution in [0.4, 0.5) is 4.39 Å². The van der Waals surface area contributed by atoms with E-state index in [2.05, 4.69) is 5.32 Å². The van der Waals surface area contributed by atoms with Crippen molar-refractivity contribution >= 4 is 11.9 Å². The monoisotopic (exact) mass is 997 g/mol. The molecule has 2 saturated heterocycles. The number of nitrogens with two attached hydrogens (primary N) is 1. The fourth-order valence-electron chi connectivity index (χ4n) is 8.54. The number of hydrogen-bond acceptors (Lipinski definition) is 17. The number of amides is 1. The number of alkyl halides is 1. The van der Waals surface area contributed by atoms with E-state index in [1.165, 1.54) is 0 Å². The van der Waals surface area contributed by atoms with Crippen molar-refractivity contribution in [3.05, 3.63) is 85.1 Å². The molecule has 0 unspecified atom stereocenters. The highest BCUT2D eigenvalue weighted by Crippen LogP contribution is 2.38. The molecule has 1 amide bonds. The maximum absolute atomic E-state index is 13.7. The first-order chi connectivity index (χ1) is 33.2. The van der Waals surface area contributed by atoms with Crippen LogP contribution in [0.2, 0.25) is 0 Å². The van der Waals surface area contributed by atoms with Crippen LogP contribution in [0.5, 0.6) is 0 Å². The maximum atomic E-state index is 13.7. The van der Waals surface area contributed by atoms with E-state index in [0.717, 1.165) is 0 Å². The number of carbonyl (C=O) groups excluding carboxylic acids is 2. The fraction of sp³-hybridized carbons (Fsp3) is 0.686. The van der Waals surface area contributed by atoms with Gasteiger partial charge in [0.1, 0.15) is 12.2 Å². The van der Waals surface area contributed by atoms with Gasteiger partial charge in [-0.05, 0) is 46.0 Å². The molecule has 3 aliphatic heterocycles. The third kappa shape index (κ3) is 20.9. The molecule has 2 bridgehead atoms. The van der Waals surface area contributed by atoms with Crippen LogP contribution in [-0.2, 0) is 28.5 Å². The second-order valence-corrected chi connectivity index (χ2v) is 18.9. The number of cyclic esters (lactones) is 1. The summed E-state index contributed by atoms with van der Waals surface area (Å²) in [6.07, 6.45) is 4.64. The lowest BCUT2D eigenvalue weighted by Crippen LogP contribution is -2.62. The Morgan fingerprint density at radius 2 is 1.31 bits per heavy atom. The Morgan fingerprint density at radius 3 is 1.93 bits per heavy atom. The standard InChI is InChI=1S/C51H81FN2O16/c1-31-19-15-13-11-9-7-5-6-8-10-12-14-16-20-38(69-50-48(64)45(53)47(63)34(4)68-50)28-42-44(49(65)54-24-18-17-23-52)41(60)30-51(66,70-42)29-37(57)26-40(59)39(58)22-21-35(55)25-36(56)27-43(61)67-33(3)32(2)46(31)62/h5-16,19-20,31-42,44-48,50,55-60,62-64,66H,17-18,21-30,53H2,1-4H3,(H,54,65)/b6-5+,9-7+,10-8+,13-11+,14-12+,19-15+,20-16+/t31-,32-,33-,34+,35+,36+,37-,38-,39+,40+,41-,42-,44+,45-,46+,47+,48-,50-,51+/m0/s1. The van der Waals surface area contributed by atoms with Gasteiger partial charge in [-0.1, -0.05) is 98.9 Å². The molecular formula is C51H81FN2O16. The van der Waals surface area contributed by atoms with Crippen LogP contribution in [-0.4, -0.2) is 174 Å². The number of fused-ring (bicyclic) bond motifs is 2.